The second kappa shape index (κ2) is 5.55. The molecule has 0 atom stereocenters. The van der Waals surface area contributed by atoms with E-state index in [0.717, 1.165) is 5.69 Å². The summed E-state index contributed by atoms with van der Waals surface area (Å²) in [6.45, 7) is 4.05. The van der Waals surface area contributed by atoms with Gasteiger partial charge in [-0.3, -0.25) is 0 Å². The molecule has 0 saturated carbocycles. The minimum absolute atomic E-state index is 0.120. The van der Waals surface area contributed by atoms with Crippen molar-refractivity contribution in [3.63, 3.8) is 0 Å². The van der Waals surface area contributed by atoms with E-state index in [1.165, 1.54) is 6.33 Å². The van der Waals surface area contributed by atoms with Crippen LogP contribution in [0.15, 0.2) is 36.8 Å². The molecule has 0 unspecified atom stereocenters. The zero-order valence-electron chi connectivity index (χ0n) is 13.8. The van der Waals surface area contributed by atoms with Crippen molar-refractivity contribution in [2.24, 2.45) is 0 Å². The van der Waals surface area contributed by atoms with Crippen LogP contribution >= 0.6 is 0 Å². The zero-order chi connectivity index (χ0) is 17.6. The fraction of sp³-hybridized carbons (Fsp3) is 0.188. The van der Waals surface area contributed by atoms with Gasteiger partial charge in [-0.2, -0.15) is 5.10 Å². The van der Waals surface area contributed by atoms with Crippen molar-refractivity contribution < 1.29 is 0 Å². The number of fused-ring (bicyclic) bond motifs is 1. The fourth-order valence-corrected chi connectivity index (χ4v) is 2.70. The summed E-state index contributed by atoms with van der Waals surface area (Å²) in [5.74, 6) is 0.366. The summed E-state index contributed by atoms with van der Waals surface area (Å²) in [4.78, 5) is 8.41. The summed E-state index contributed by atoms with van der Waals surface area (Å²) in [5, 5.41) is 13.7. The average Bonchev–Trinajstić information content (AvgIpc) is 3.20. The third-order valence-corrected chi connectivity index (χ3v) is 3.88. The number of benzene rings is 1. The van der Waals surface area contributed by atoms with Crippen molar-refractivity contribution >= 4 is 22.5 Å². The molecule has 0 fully saturated rings. The molecule has 0 bridgehead atoms. The molecule has 1 aromatic carbocycles. The third-order valence-electron chi connectivity index (χ3n) is 3.88. The Kier molecular flexibility index (Phi) is 3.34. The van der Waals surface area contributed by atoms with E-state index in [2.05, 4.69) is 25.4 Å². The first kappa shape index (κ1) is 15.1. The Bertz CT molecular complexity index is 1060. The maximum atomic E-state index is 6.07. The molecular formula is C16H17N9. The van der Waals surface area contributed by atoms with Gasteiger partial charge < -0.3 is 11.5 Å². The van der Waals surface area contributed by atoms with E-state index in [0.29, 0.717) is 33.9 Å². The Morgan fingerprint density at radius 3 is 2.72 bits per heavy atom. The zero-order valence-corrected chi connectivity index (χ0v) is 13.8. The van der Waals surface area contributed by atoms with Crippen molar-refractivity contribution in [2.45, 2.75) is 19.9 Å². The van der Waals surface area contributed by atoms with Crippen LogP contribution in [0.25, 0.3) is 28.1 Å². The molecule has 0 saturated heterocycles. The van der Waals surface area contributed by atoms with Crippen LogP contribution in [-0.2, 0) is 0 Å². The van der Waals surface area contributed by atoms with Gasteiger partial charge in [0.05, 0.1) is 17.3 Å². The van der Waals surface area contributed by atoms with Crippen LogP contribution in [0.5, 0.6) is 0 Å². The number of nitrogens with two attached hydrogens (primary N) is 2. The number of hydrogen-bond donors (Lipinski definition) is 2. The monoisotopic (exact) mass is 335 g/mol. The molecule has 9 heteroatoms. The van der Waals surface area contributed by atoms with Gasteiger partial charge in [-0.05, 0) is 32.0 Å². The Hall–Kier alpha value is -3.49. The quantitative estimate of drug-likeness (QED) is 0.547. The van der Waals surface area contributed by atoms with E-state index in [4.69, 9.17) is 11.5 Å². The summed E-state index contributed by atoms with van der Waals surface area (Å²) < 4.78 is 3.45. The topological polar surface area (TPSA) is 126 Å². The van der Waals surface area contributed by atoms with Crippen LogP contribution in [-0.4, -0.2) is 34.7 Å². The van der Waals surface area contributed by atoms with Crippen LogP contribution < -0.4 is 11.5 Å². The number of nitrogens with zero attached hydrogens (tertiary/aromatic N) is 7. The number of aromatic nitrogens is 7. The molecule has 4 N–H and O–H groups in total. The second-order valence-corrected chi connectivity index (χ2v) is 5.99. The molecule has 9 nitrogen and oxygen atoms in total. The predicted octanol–water partition coefficient (Wildman–Crippen LogP) is 1.82. The summed E-state index contributed by atoms with van der Waals surface area (Å²) in [6.07, 6.45) is 3.22. The normalized spacial score (nSPS) is 11.5. The molecule has 0 amide bonds. The maximum Gasteiger partial charge on any atom is 0.164 e. The lowest BCUT2D eigenvalue weighted by Crippen LogP contribution is -2.04. The van der Waals surface area contributed by atoms with Crippen molar-refractivity contribution in [1.29, 1.82) is 0 Å². The Morgan fingerprint density at radius 1 is 1.12 bits per heavy atom. The van der Waals surface area contributed by atoms with Gasteiger partial charge in [-0.25, -0.2) is 19.3 Å². The van der Waals surface area contributed by atoms with E-state index in [1.54, 1.807) is 10.9 Å². The van der Waals surface area contributed by atoms with Crippen molar-refractivity contribution in [3.05, 3.63) is 36.8 Å². The van der Waals surface area contributed by atoms with Gasteiger partial charge in [-0.1, -0.05) is 11.3 Å². The van der Waals surface area contributed by atoms with Gasteiger partial charge in [0.1, 0.15) is 23.5 Å². The lowest BCUT2D eigenvalue weighted by Gasteiger charge is -2.05. The van der Waals surface area contributed by atoms with Crippen molar-refractivity contribution in [2.75, 3.05) is 11.5 Å². The van der Waals surface area contributed by atoms with Gasteiger partial charge in [0.25, 0.3) is 0 Å². The largest absolute Gasteiger partial charge is 0.399 e. The minimum atomic E-state index is 0.120. The molecule has 126 valence electrons. The van der Waals surface area contributed by atoms with Crippen LogP contribution in [0.4, 0.5) is 11.5 Å². The van der Waals surface area contributed by atoms with Crippen LogP contribution in [0.1, 0.15) is 19.9 Å². The van der Waals surface area contributed by atoms with Crippen molar-refractivity contribution in [1.82, 2.24) is 34.7 Å². The Labute approximate surface area is 143 Å². The highest BCUT2D eigenvalue weighted by Gasteiger charge is 2.20. The molecule has 0 aliphatic rings. The summed E-state index contributed by atoms with van der Waals surface area (Å²) >= 11 is 0. The first-order chi connectivity index (χ1) is 12.0. The molecule has 3 heterocycles. The summed E-state index contributed by atoms with van der Waals surface area (Å²) in [7, 11) is 0. The molecule has 0 aliphatic carbocycles. The molecular weight excluding hydrogens is 318 g/mol. The van der Waals surface area contributed by atoms with Gasteiger partial charge in [-0.15, -0.1) is 5.10 Å². The highest BCUT2D eigenvalue weighted by Crippen LogP contribution is 2.30. The van der Waals surface area contributed by atoms with Gasteiger partial charge in [0.2, 0.25) is 0 Å². The summed E-state index contributed by atoms with van der Waals surface area (Å²) in [6, 6.07) is 7.52. The van der Waals surface area contributed by atoms with Gasteiger partial charge >= 0.3 is 0 Å². The maximum absolute atomic E-state index is 6.07. The molecule has 4 aromatic rings. The first-order valence-corrected chi connectivity index (χ1v) is 7.82. The number of rotatable bonds is 3. The fourth-order valence-electron chi connectivity index (χ4n) is 2.70. The predicted molar refractivity (Wildman–Crippen MR) is 94.9 cm³/mol. The lowest BCUT2D eigenvalue weighted by molar-refractivity contribution is 0.547. The standard InChI is InChI=1S/C16H17N9/c1-9(2)25-16-13(15(18)19-8-20-16)14(22-25)12-7-24(23-21-12)11-5-3-4-10(17)6-11/h3-9H,17H2,1-2H3,(H2,18,19,20). The van der Waals surface area contributed by atoms with Crippen molar-refractivity contribution in [3.8, 4) is 17.1 Å². The Morgan fingerprint density at radius 2 is 1.96 bits per heavy atom. The Balaban J connectivity index is 1.89. The third kappa shape index (κ3) is 2.45. The SMILES string of the molecule is CC(C)n1nc(-c2cn(-c3cccc(N)c3)nn2)c2c(N)ncnc21. The van der Waals surface area contributed by atoms with Crippen LogP contribution in [0.2, 0.25) is 0 Å². The van der Waals surface area contributed by atoms with E-state index >= 15 is 0 Å². The molecule has 4 rings (SSSR count). The minimum Gasteiger partial charge on any atom is -0.399 e. The van der Waals surface area contributed by atoms with E-state index in [9.17, 15) is 0 Å². The van der Waals surface area contributed by atoms with Gasteiger partial charge in [0.15, 0.2) is 5.65 Å². The summed E-state index contributed by atoms with van der Waals surface area (Å²) in [5.41, 5.74) is 15.3. The molecule has 0 spiro atoms. The average molecular weight is 335 g/mol. The molecule has 0 radical (unpaired) electrons. The van der Waals surface area contributed by atoms with E-state index in [1.807, 2.05) is 42.8 Å². The van der Waals surface area contributed by atoms with E-state index in [-0.39, 0.29) is 6.04 Å². The van der Waals surface area contributed by atoms with Crippen LogP contribution in [0.3, 0.4) is 0 Å². The second-order valence-electron chi connectivity index (χ2n) is 5.99. The number of hydrogen-bond acceptors (Lipinski definition) is 7. The molecule has 25 heavy (non-hydrogen) atoms. The molecule has 0 aliphatic heterocycles. The smallest absolute Gasteiger partial charge is 0.164 e. The highest BCUT2D eigenvalue weighted by molar-refractivity contribution is 5.97. The number of nitrogen functional groups attached to an aromatic ring is 2. The highest BCUT2D eigenvalue weighted by atomic mass is 15.4. The van der Waals surface area contributed by atoms with E-state index < -0.39 is 0 Å². The lowest BCUT2D eigenvalue weighted by atomic mass is 10.2. The van der Waals surface area contributed by atoms with Crippen LogP contribution in [0, 0.1) is 0 Å². The molecule has 3 aromatic heterocycles. The van der Waals surface area contributed by atoms with Gasteiger partial charge in [0, 0.05) is 11.7 Å². The number of anilines is 2. The first-order valence-electron chi connectivity index (χ1n) is 7.82.